The van der Waals surface area contributed by atoms with Gasteiger partial charge in [0.2, 0.25) is 17.8 Å². The van der Waals surface area contributed by atoms with Crippen molar-refractivity contribution in [3.8, 4) is 0 Å². The number of benzene rings is 1. The SMILES string of the molecule is Nc1nc(N2CCCC2)nc2c1C(C(=O)Nc1ccc(Cl)cc1)CC(=O)N2. The third-order valence-electron chi connectivity index (χ3n) is 4.78. The highest BCUT2D eigenvalue weighted by Gasteiger charge is 2.35. The van der Waals surface area contributed by atoms with E-state index in [1.54, 1.807) is 24.3 Å². The number of nitrogen functional groups attached to an aromatic ring is 1. The quantitative estimate of drug-likeness (QED) is 0.746. The number of nitrogens with zero attached hydrogens (tertiary/aromatic N) is 3. The number of carbonyl (C=O) groups is 2. The third-order valence-corrected chi connectivity index (χ3v) is 5.03. The van der Waals surface area contributed by atoms with E-state index in [1.807, 2.05) is 4.90 Å². The number of amides is 2. The molecule has 0 aliphatic carbocycles. The van der Waals surface area contributed by atoms with Gasteiger partial charge in [-0.15, -0.1) is 0 Å². The van der Waals surface area contributed by atoms with Crippen molar-refractivity contribution in [1.29, 1.82) is 0 Å². The van der Waals surface area contributed by atoms with E-state index in [-0.39, 0.29) is 24.1 Å². The van der Waals surface area contributed by atoms with Crippen molar-refractivity contribution in [3.63, 3.8) is 0 Å². The maximum absolute atomic E-state index is 12.8. The molecule has 27 heavy (non-hydrogen) atoms. The standard InChI is InChI=1S/C18H19ClN6O2/c19-10-3-5-11(6-4-10)21-17(27)12-9-13(26)22-16-14(12)15(20)23-18(24-16)25-7-1-2-8-25/h3-6,12H,1-2,7-9H2,(H,21,27)(H3,20,22,23,24,26). The van der Waals surface area contributed by atoms with E-state index in [2.05, 4.69) is 20.6 Å². The van der Waals surface area contributed by atoms with Gasteiger partial charge in [0.05, 0.1) is 11.5 Å². The molecule has 8 nitrogen and oxygen atoms in total. The van der Waals surface area contributed by atoms with Gasteiger partial charge in [0.1, 0.15) is 11.6 Å². The molecule has 1 unspecified atom stereocenters. The number of anilines is 4. The number of rotatable bonds is 3. The van der Waals surface area contributed by atoms with Crippen LogP contribution in [0.4, 0.5) is 23.3 Å². The third kappa shape index (κ3) is 3.52. The number of nitrogens with two attached hydrogens (primary N) is 1. The second-order valence-electron chi connectivity index (χ2n) is 6.67. The van der Waals surface area contributed by atoms with Crippen molar-refractivity contribution >= 4 is 46.7 Å². The summed E-state index contributed by atoms with van der Waals surface area (Å²) in [5.74, 6) is -0.336. The van der Waals surface area contributed by atoms with Gasteiger partial charge in [-0.1, -0.05) is 11.6 Å². The summed E-state index contributed by atoms with van der Waals surface area (Å²) in [5.41, 5.74) is 7.22. The van der Waals surface area contributed by atoms with Crippen LogP contribution in [0, 0.1) is 0 Å². The molecule has 2 amide bonds. The Hall–Kier alpha value is -2.87. The zero-order chi connectivity index (χ0) is 19.0. The van der Waals surface area contributed by atoms with Gasteiger partial charge in [-0.05, 0) is 37.1 Å². The Morgan fingerprint density at radius 1 is 1.22 bits per heavy atom. The van der Waals surface area contributed by atoms with Crippen LogP contribution in [0.1, 0.15) is 30.7 Å². The van der Waals surface area contributed by atoms with Crippen LogP contribution in [0.5, 0.6) is 0 Å². The maximum Gasteiger partial charge on any atom is 0.232 e. The lowest BCUT2D eigenvalue weighted by atomic mass is 9.92. The van der Waals surface area contributed by atoms with Crippen molar-refractivity contribution < 1.29 is 9.59 Å². The van der Waals surface area contributed by atoms with Crippen molar-refractivity contribution in [2.45, 2.75) is 25.2 Å². The second-order valence-corrected chi connectivity index (χ2v) is 7.10. The largest absolute Gasteiger partial charge is 0.383 e. The topological polar surface area (TPSA) is 113 Å². The highest BCUT2D eigenvalue weighted by molar-refractivity contribution is 6.30. The van der Waals surface area contributed by atoms with Crippen LogP contribution in [0.25, 0.3) is 0 Å². The highest BCUT2D eigenvalue weighted by Crippen LogP contribution is 2.37. The lowest BCUT2D eigenvalue weighted by molar-refractivity contribution is -0.123. The van der Waals surface area contributed by atoms with Gasteiger partial charge >= 0.3 is 0 Å². The zero-order valence-electron chi connectivity index (χ0n) is 14.5. The molecule has 0 bridgehead atoms. The van der Waals surface area contributed by atoms with Gasteiger partial charge in [-0.3, -0.25) is 9.59 Å². The molecule has 9 heteroatoms. The molecule has 4 N–H and O–H groups in total. The molecule has 0 saturated carbocycles. The number of hydrogen-bond donors (Lipinski definition) is 3. The molecule has 140 valence electrons. The molecule has 0 radical (unpaired) electrons. The first-order chi connectivity index (χ1) is 13.0. The first-order valence-corrected chi connectivity index (χ1v) is 9.17. The Bertz CT molecular complexity index is 895. The van der Waals surface area contributed by atoms with Gasteiger partial charge in [-0.25, -0.2) is 0 Å². The minimum absolute atomic E-state index is 0.0109. The average molecular weight is 387 g/mol. The molecule has 0 spiro atoms. The molecule has 1 saturated heterocycles. The Kier molecular flexibility index (Phi) is 4.57. The summed E-state index contributed by atoms with van der Waals surface area (Å²) in [4.78, 5) is 35.8. The van der Waals surface area contributed by atoms with Crippen LogP contribution in [0.2, 0.25) is 5.02 Å². The second kappa shape index (κ2) is 7.03. The summed E-state index contributed by atoms with van der Waals surface area (Å²) >= 11 is 5.87. The number of carbonyl (C=O) groups excluding carboxylic acids is 2. The molecule has 1 fully saturated rings. The maximum atomic E-state index is 12.8. The molecule has 3 heterocycles. The van der Waals surface area contributed by atoms with Gasteiger partial charge in [0.25, 0.3) is 0 Å². The predicted octanol–water partition coefficient (Wildman–Crippen LogP) is 2.38. The highest BCUT2D eigenvalue weighted by atomic mass is 35.5. The molecule has 1 aromatic carbocycles. The molecular weight excluding hydrogens is 368 g/mol. The molecule has 1 atom stereocenters. The number of fused-ring (bicyclic) bond motifs is 1. The van der Waals surface area contributed by atoms with E-state index in [0.29, 0.717) is 28.0 Å². The van der Waals surface area contributed by atoms with E-state index in [9.17, 15) is 9.59 Å². The minimum atomic E-state index is -0.753. The molecule has 1 aromatic heterocycles. The first kappa shape index (κ1) is 17.5. The summed E-state index contributed by atoms with van der Waals surface area (Å²) in [7, 11) is 0. The molecule has 2 aliphatic rings. The number of halogens is 1. The molecule has 4 rings (SSSR count). The zero-order valence-corrected chi connectivity index (χ0v) is 15.3. The van der Waals surface area contributed by atoms with E-state index in [0.717, 1.165) is 25.9 Å². The van der Waals surface area contributed by atoms with Crippen molar-refractivity contribution in [2.24, 2.45) is 0 Å². The van der Waals surface area contributed by atoms with Crippen LogP contribution in [0.3, 0.4) is 0 Å². The van der Waals surface area contributed by atoms with Crippen LogP contribution in [-0.2, 0) is 9.59 Å². The van der Waals surface area contributed by atoms with Gasteiger partial charge in [-0.2, -0.15) is 9.97 Å². The summed E-state index contributed by atoms with van der Waals surface area (Å²) in [6.07, 6.45) is 2.13. The Morgan fingerprint density at radius 3 is 2.63 bits per heavy atom. The first-order valence-electron chi connectivity index (χ1n) is 8.80. The summed E-state index contributed by atoms with van der Waals surface area (Å²) in [5, 5.41) is 6.10. The fraction of sp³-hybridized carbons (Fsp3) is 0.333. The normalized spacial score (nSPS) is 18.8. The van der Waals surface area contributed by atoms with Gasteiger partial charge < -0.3 is 21.3 Å². The summed E-state index contributed by atoms with van der Waals surface area (Å²) in [6, 6.07) is 6.75. The Morgan fingerprint density at radius 2 is 1.93 bits per heavy atom. The molecule has 2 aliphatic heterocycles. The Labute approximate surface area is 161 Å². The fourth-order valence-electron chi connectivity index (χ4n) is 3.43. The minimum Gasteiger partial charge on any atom is -0.383 e. The van der Waals surface area contributed by atoms with Crippen molar-refractivity contribution in [2.75, 3.05) is 34.4 Å². The van der Waals surface area contributed by atoms with Crippen LogP contribution in [-0.4, -0.2) is 34.9 Å². The monoisotopic (exact) mass is 386 g/mol. The van der Waals surface area contributed by atoms with Crippen LogP contribution < -0.4 is 21.3 Å². The van der Waals surface area contributed by atoms with Crippen LogP contribution >= 0.6 is 11.6 Å². The van der Waals surface area contributed by atoms with E-state index in [4.69, 9.17) is 17.3 Å². The summed E-state index contributed by atoms with van der Waals surface area (Å²) in [6.45, 7) is 1.71. The lowest BCUT2D eigenvalue weighted by Crippen LogP contribution is -2.33. The lowest BCUT2D eigenvalue weighted by Gasteiger charge is -2.26. The predicted molar refractivity (Wildman–Crippen MR) is 104 cm³/mol. The number of hydrogen-bond acceptors (Lipinski definition) is 6. The van der Waals surface area contributed by atoms with Gasteiger partial charge in [0, 0.05) is 30.2 Å². The van der Waals surface area contributed by atoms with Crippen molar-refractivity contribution in [3.05, 3.63) is 34.9 Å². The molecular formula is C18H19ClN6O2. The molecule has 2 aromatic rings. The Balaban J connectivity index is 1.64. The number of aromatic nitrogens is 2. The van der Waals surface area contributed by atoms with Crippen molar-refractivity contribution in [1.82, 2.24) is 9.97 Å². The fourth-order valence-corrected chi connectivity index (χ4v) is 3.55. The smallest absolute Gasteiger partial charge is 0.232 e. The van der Waals surface area contributed by atoms with E-state index >= 15 is 0 Å². The van der Waals surface area contributed by atoms with E-state index in [1.165, 1.54) is 0 Å². The number of nitrogens with one attached hydrogen (secondary N) is 2. The summed E-state index contributed by atoms with van der Waals surface area (Å²) < 4.78 is 0. The average Bonchev–Trinajstić information content (AvgIpc) is 3.17. The van der Waals surface area contributed by atoms with E-state index < -0.39 is 5.92 Å². The van der Waals surface area contributed by atoms with Gasteiger partial charge in [0.15, 0.2) is 0 Å². The van der Waals surface area contributed by atoms with Crippen LogP contribution in [0.15, 0.2) is 24.3 Å².